The van der Waals surface area contributed by atoms with E-state index in [2.05, 4.69) is 24.3 Å². The zero-order valence-electron chi connectivity index (χ0n) is 30.3. The second-order valence-electron chi connectivity index (χ2n) is 10.8. The van der Waals surface area contributed by atoms with Crippen LogP contribution in [0.25, 0.3) is 0 Å². The van der Waals surface area contributed by atoms with Gasteiger partial charge in [0, 0.05) is 48.2 Å². The highest BCUT2D eigenvalue weighted by Crippen LogP contribution is 2.13. The van der Waals surface area contributed by atoms with E-state index in [1.165, 1.54) is 5.56 Å². The van der Waals surface area contributed by atoms with Crippen LogP contribution in [0.5, 0.6) is 0 Å². The molecule has 0 aromatic heterocycles. The molecule has 0 saturated carbocycles. The molecule has 0 spiro atoms. The number of halogens is 6. The Morgan fingerprint density at radius 1 is 0.725 bits per heavy atom. The average Bonchev–Trinajstić information content (AvgIpc) is 3.14. The lowest BCUT2D eigenvalue weighted by Crippen LogP contribution is -2.12. The summed E-state index contributed by atoms with van der Waals surface area (Å²) in [6.45, 7) is 9.63. The molecule has 1 rings (SSSR count). The Balaban J connectivity index is -0.000000172. The summed E-state index contributed by atoms with van der Waals surface area (Å²) in [7, 11) is 0. The third-order valence-electron chi connectivity index (χ3n) is 5.66. The van der Waals surface area contributed by atoms with Gasteiger partial charge in [0.1, 0.15) is 5.38 Å². The number of hydrogen-bond acceptors (Lipinski definition) is 8. The lowest BCUT2D eigenvalue weighted by molar-refractivity contribution is -0.144. The maximum atomic E-state index is 10.9. The first-order valence-electron chi connectivity index (χ1n) is 16.3. The highest BCUT2D eigenvalue weighted by Gasteiger charge is 2.13. The first-order valence-corrected chi connectivity index (χ1v) is 19.3. The lowest BCUT2D eigenvalue weighted by atomic mass is 9.99. The van der Waals surface area contributed by atoms with E-state index in [1.807, 2.05) is 56.3 Å². The van der Waals surface area contributed by atoms with E-state index in [0.29, 0.717) is 61.7 Å². The quantitative estimate of drug-likeness (QED) is 0.124. The van der Waals surface area contributed by atoms with Gasteiger partial charge < -0.3 is 4.74 Å². The molecule has 1 aromatic carbocycles. The summed E-state index contributed by atoms with van der Waals surface area (Å²) in [4.78, 5) is 10.9. The maximum absolute atomic E-state index is 10.9. The van der Waals surface area contributed by atoms with Crippen LogP contribution in [0.1, 0.15) is 85.1 Å². The number of carbonyl (C=O) groups is 1. The van der Waals surface area contributed by atoms with Crippen LogP contribution in [-0.2, 0) is 16.0 Å². The van der Waals surface area contributed by atoms with Gasteiger partial charge in [-0.05, 0) is 63.4 Å². The fraction of sp³-hybridized carbons (Fsp3) is 0.649. The van der Waals surface area contributed by atoms with Crippen molar-refractivity contribution >= 4 is 75.6 Å². The predicted molar refractivity (Wildman–Crippen MR) is 212 cm³/mol. The minimum atomic E-state index is -0.287. The molecule has 0 fully saturated rings. The topological polar surface area (TPSA) is 169 Å². The molecule has 1 aromatic rings. The van der Waals surface area contributed by atoms with E-state index in [0.717, 1.165) is 19.3 Å². The minimum absolute atomic E-state index is 0.00617. The van der Waals surface area contributed by atoms with Crippen LogP contribution in [0.2, 0.25) is 0 Å². The monoisotopic (exact) mass is 822 g/mol. The van der Waals surface area contributed by atoms with Gasteiger partial charge in [-0.2, -0.15) is 31.6 Å². The molecule has 0 amide bonds. The van der Waals surface area contributed by atoms with E-state index in [-0.39, 0.29) is 40.9 Å². The molecule has 0 bridgehead atoms. The third kappa shape index (κ3) is 51.8. The zero-order chi connectivity index (χ0) is 40.3. The van der Waals surface area contributed by atoms with Crippen molar-refractivity contribution in [1.82, 2.24) is 0 Å². The van der Waals surface area contributed by atoms with Crippen molar-refractivity contribution in [3.63, 3.8) is 0 Å². The Bertz CT molecular complexity index is 1160. The van der Waals surface area contributed by atoms with Gasteiger partial charge >= 0.3 is 5.97 Å². The molecule has 0 radical (unpaired) electrons. The Morgan fingerprint density at radius 3 is 1.55 bits per heavy atom. The van der Waals surface area contributed by atoms with Crippen molar-refractivity contribution in [3.05, 3.63) is 35.9 Å². The molecule has 14 heteroatoms. The fourth-order valence-electron chi connectivity index (χ4n) is 2.66. The SMILES string of the molecule is CC(C#N)CCl.CC(CCl)CCC#N.CC(Cl)CC#N.CCC(Cl)C#N.CCOC(=O)CC(CCl)CC#N.N#CCC(CCl)Cc1ccccc1. The molecule has 0 aliphatic carbocycles. The van der Waals surface area contributed by atoms with Crippen LogP contribution >= 0.6 is 69.6 Å². The second kappa shape index (κ2) is 47.4. The van der Waals surface area contributed by atoms with Crippen molar-refractivity contribution in [2.45, 2.75) is 96.7 Å². The first-order chi connectivity index (χ1) is 24.3. The van der Waals surface area contributed by atoms with Crippen molar-refractivity contribution < 1.29 is 9.53 Å². The highest BCUT2D eigenvalue weighted by atomic mass is 35.5. The van der Waals surface area contributed by atoms with Gasteiger partial charge in [-0.15, -0.1) is 69.6 Å². The van der Waals surface area contributed by atoms with E-state index in [4.69, 9.17) is 106 Å². The Kier molecular flexibility index (Phi) is 53.6. The molecule has 8 nitrogen and oxygen atoms in total. The standard InChI is InChI=1S/C11H12ClN.C8H12ClNO2.C6H10ClN.3C4H6ClN/c12-9-11(6-7-13)8-10-4-2-1-3-5-10;1-2-12-8(11)5-7(6-9)3-4-10;1-6(5-7)3-2-4-8;1-4(2-5)3-6;1-4(5)2-3-6;1-2-4(5)3-6/h1-5,11H,6,8-9H2;7H,2-3,5-6H2,1H3;6H,2-3,5H2,1H3;3*4H,2H2,1H3. The van der Waals surface area contributed by atoms with Crippen LogP contribution in [0.4, 0.5) is 0 Å². The molecule has 6 atom stereocenters. The van der Waals surface area contributed by atoms with Crippen LogP contribution in [0.3, 0.4) is 0 Å². The summed E-state index contributed by atoms with van der Waals surface area (Å²) in [5.74, 6) is 2.43. The normalized spacial score (nSPS) is 12.3. The van der Waals surface area contributed by atoms with Gasteiger partial charge in [0.25, 0.3) is 0 Å². The predicted octanol–water partition coefficient (Wildman–Crippen LogP) is 11.3. The van der Waals surface area contributed by atoms with Crippen molar-refractivity contribution in [2.24, 2.45) is 23.7 Å². The van der Waals surface area contributed by atoms with Gasteiger partial charge in [0.2, 0.25) is 0 Å². The molecule has 0 N–H and O–H groups in total. The number of esters is 1. The van der Waals surface area contributed by atoms with E-state index >= 15 is 0 Å². The van der Waals surface area contributed by atoms with Crippen LogP contribution in [-0.4, -0.2) is 46.9 Å². The van der Waals surface area contributed by atoms with E-state index in [9.17, 15) is 4.79 Å². The highest BCUT2D eigenvalue weighted by molar-refractivity contribution is 6.22. The van der Waals surface area contributed by atoms with Gasteiger partial charge in [0.05, 0.1) is 61.8 Å². The van der Waals surface area contributed by atoms with Gasteiger partial charge in [-0.1, -0.05) is 44.2 Å². The molecular formula is C37H52Cl6N6O2. The maximum Gasteiger partial charge on any atom is 0.306 e. The first kappa shape index (κ1) is 57.7. The number of hydrogen-bond donors (Lipinski definition) is 0. The third-order valence-corrected chi connectivity index (χ3v) is 8.08. The van der Waals surface area contributed by atoms with E-state index < -0.39 is 0 Å². The van der Waals surface area contributed by atoms with Crippen LogP contribution in [0.15, 0.2) is 30.3 Å². The zero-order valence-corrected chi connectivity index (χ0v) is 34.8. The summed E-state index contributed by atoms with van der Waals surface area (Å²) in [5.41, 5.74) is 1.25. The minimum Gasteiger partial charge on any atom is -0.466 e. The van der Waals surface area contributed by atoms with Gasteiger partial charge in [-0.3, -0.25) is 4.79 Å². The Morgan fingerprint density at radius 2 is 1.25 bits per heavy atom. The Hall–Kier alpha value is -2.63. The summed E-state index contributed by atoms with van der Waals surface area (Å²) in [5, 5.41) is 48.6. The summed E-state index contributed by atoms with van der Waals surface area (Å²) in [6, 6.07) is 22.1. The van der Waals surface area contributed by atoms with Gasteiger partial charge in [0.15, 0.2) is 0 Å². The molecule has 284 valence electrons. The molecule has 0 saturated heterocycles. The number of ether oxygens (including phenoxy) is 1. The van der Waals surface area contributed by atoms with E-state index in [1.54, 1.807) is 20.8 Å². The fourth-order valence-corrected chi connectivity index (χ4v) is 3.39. The Labute approximate surface area is 337 Å². The lowest BCUT2D eigenvalue weighted by Gasteiger charge is -2.08. The molecule has 6 unspecified atom stereocenters. The van der Waals surface area contributed by atoms with Crippen LogP contribution in [0, 0.1) is 91.7 Å². The molecule has 0 heterocycles. The largest absolute Gasteiger partial charge is 0.466 e. The van der Waals surface area contributed by atoms with Crippen molar-refractivity contribution in [1.29, 1.82) is 31.6 Å². The summed E-state index contributed by atoms with van der Waals surface area (Å²) in [6.07, 6.45) is 4.73. The molecule has 0 aliphatic heterocycles. The van der Waals surface area contributed by atoms with Crippen molar-refractivity contribution in [2.75, 3.05) is 30.1 Å². The average molecular weight is 826 g/mol. The number of nitrogens with zero attached hydrogens (tertiary/aromatic N) is 6. The summed E-state index contributed by atoms with van der Waals surface area (Å²) < 4.78 is 4.71. The number of alkyl halides is 6. The second-order valence-corrected chi connectivity index (χ2v) is 13.3. The molecular weight excluding hydrogens is 773 g/mol. The van der Waals surface area contributed by atoms with Crippen molar-refractivity contribution in [3.8, 4) is 36.4 Å². The number of carbonyl (C=O) groups excluding carboxylic acids is 1. The number of benzene rings is 1. The molecule has 51 heavy (non-hydrogen) atoms. The smallest absolute Gasteiger partial charge is 0.306 e. The number of nitriles is 6. The summed E-state index contributed by atoms with van der Waals surface area (Å²) >= 11 is 32.6. The molecule has 0 aliphatic rings. The van der Waals surface area contributed by atoms with Gasteiger partial charge in [-0.25, -0.2) is 0 Å². The van der Waals surface area contributed by atoms with Crippen LogP contribution < -0.4 is 0 Å². The number of rotatable bonds is 15.